The molecular formula is C15H21NO4. The van der Waals surface area contributed by atoms with Crippen LogP contribution in [0.5, 0.6) is 11.5 Å². The van der Waals surface area contributed by atoms with Gasteiger partial charge in [-0.3, -0.25) is 4.79 Å². The van der Waals surface area contributed by atoms with Crippen LogP contribution in [0.25, 0.3) is 0 Å². The molecule has 1 heterocycles. The predicted octanol–water partition coefficient (Wildman–Crippen LogP) is 1.64. The number of ketones is 1. The van der Waals surface area contributed by atoms with Crippen LogP contribution in [0.15, 0.2) is 18.2 Å². The van der Waals surface area contributed by atoms with Gasteiger partial charge in [0.25, 0.3) is 0 Å². The molecule has 0 aromatic heterocycles. The molecule has 0 radical (unpaired) electrons. The van der Waals surface area contributed by atoms with Gasteiger partial charge in [0.15, 0.2) is 5.78 Å². The average molecular weight is 279 g/mol. The Morgan fingerprint density at radius 2 is 1.80 bits per heavy atom. The normalized spacial score (nSPS) is 17.6. The van der Waals surface area contributed by atoms with Gasteiger partial charge in [0.05, 0.1) is 19.6 Å². The van der Waals surface area contributed by atoms with Crippen molar-refractivity contribution in [3.8, 4) is 11.5 Å². The fourth-order valence-electron chi connectivity index (χ4n) is 2.63. The van der Waals surface area contributed by atoms with Gasteiger partial charge in [-0.05, 0) is 25.0 Å². The molecule has 0 bridgehead atoms. The standard InChI is InChI=1S/C15H21NO4/c1-18-11-4-3-5-12(19-2)13(11)14(17)15(10-16)6-8-20-9-7-15/h3-5H,6-10,16H2,1-2H3. The van der Waals surface area contributed by atoms with Crippen molar-refractivity contribution in [3.05, 3.63) is 23.8 Å². The SMILES string of the molecule is COc1cccc(OC)c1C(=O)C1(CN)CCOCC1. The van der Waals surface area contributed by atoms with Crippen molar-refractivity contribution in [2.45, 2.75) is 12.8 Å². The average Bonchev–Trinajstić information content (AvgIpc) is 2.53. The summed E-state index contributed by atoms with van der Waals surface area (Å²) in [4.78, 5) is 13.0. The Morgan fingerprint density at radius 1 is 1.25 bits per heavy atom. The number of carbonyl (C=O) groups excluding carboxylic acids is 1. The number of hydrogen-bond acceptors (Lipinski definition) is 5. The molecule has 0 unspecified atom stereocenters. The van der Waals surface area contributed by atoms with Crippen molar-refractivity contribution in [3.63, 3.8) is 0 Å². The third-order valence-electron chi connectivity index (χ3n) is 3.98. The Morgan fingerprint density at radius 3 is 2.25 bits per heavy atom. The van der Waals surface area contributed by atoms with Crippen molar-refractivity contribution in [2.24, 2.45) is 11.1 Å². The van der Waals surface area contributed by atoms with Crippen LogP contribution in [0.2, 0.25) is 0 Å². The highest BCUT2D eigenvalue weighted by molar-refractivity contribution is 6.05. The lowest BCUT2D eigenvalue weighted by atomic mass is 9.74. The van der Waals surface area contributed by atoms with E-state index in [-0.39, 0.29) is 5.78 Å². The molecule has 20 heavy (non-hydrogen) atoms. The fraction of sp³-hybridized carbons (Fsp3) is 0.533. The molecule has 1 saturated heterocycles. The Balaban J connectivity index is 2.46. The Bertz CT molecular complexity index is 459. The summed E-state index contributed by atoms with van der Waals surface area (Å²) >= 11 is 0. The molecule has 1 aliphatic rings. The molecule has 110 valence electrons. The zero-order chi connectivity index (χ0) is 14.6. The van der Waals surface area contributed by atoms with Crippen LogP contribution in [-0.4, -0.2) is 39.8 Å². The minimum atomic E-state index is -0.583. The largest absolute Gasteiger partial charge is 0.496 e. The summed E-state index contributed by atoms with van der Waals surface area (Å²) in [7, 11) is 3.09. The van der Waals surface area contributed by atoms with Gasteiger partial charge >= 0.3 is 0 Å². The molecule has 0 atom stereocenters. The van der Waals surface area contributed by atoms with Crippen LogP contribution in [0.4, 0.5) is 0 Å². The number of benzene rings is 1. The van der Waals surface area contributed by atoms with Crippen LogP contribution in [-0.2, 0) is 4.74 Å². The number of ether oxygens (including phenoxy) is 3. The second kappa shape index (κ2) is 6.24. The fourth-order valence-corrected chi connectivity index (χ4v) is 2.63. The van der Waals surface area contributed by atoms with E-state index in [1.807, 2.05) is 0 Å². The van der Waals surface area contributed by atoms with E-state index in [1.54, 1.807) is 32.4 Å². The highest BCUT2D eigenvalue weighted by atomic mass is 16.5. The number of methoxy groups -OCH3 is 2. The first-order valence-electron chi connectivity index (χ1n) is 6.72. The maximum Gasteiger partial charge on any atom is 0.177 e. The number of nitrogens with two attached hydrogens (primary N) is 1. The van der Waals surface area contributed by atoms with Crippen LogP contribution in [0.3, 0.4) is 0 Å². The van der Waals surface area contributed by atoms with E-state index < -0.39 is 5.41 Å². The Kier molecular flexibility index (Phi) is 4.62. The predicted molar refractivity (Wildman–Crippen MR) is 75.4 cm³/mol. The summed E-state index contributed by atoms with van der Waals surface area (Å²) in [6, 6.07) is 5.33. The van der Waals surface area contributed by atoms with E-state index in [2.05, 4.69) is 0 Å². The van der Waals surface area contributed by atoms with E-state index in [1.165, 1.54) is 0 Å². The van der Waals surface area contributed by atoms with Gasteiger partial charge in [-0.1, -0.05) is 6.07 Å². The number of hydrogen-bond donors (Lipinski definition) is 1. The van der Waals surface area contributed by atoms with Crippen LogP contribution < -0.4 is 15.2 Å². The van der Waals surface area contributed by atoms with Crippen molar-refractivity contribution in [2.75, 3.05) is 34.0 Å². The number of Topliss-reactive ketones (excluding diaryl/α,β-unsaturated/α-hetero) is 1. The minimum absolute atomic E-state index is 0.0161. The van der Waals surface area contributed by atoms with Gasteiger partial charge in [-0.2, -0.15) is 0 Å². The zero-order valence-corrected chi connectivity index (χ0v) is 12.0. The zero-order valence-electron chi connectivity index (χ0n) is 12.0. The Hall–Kier alpha value is -1.59. The molecule has 1 fully saturated rings. The van der Waals surface area contributed by atoms with E-state index in [0.29, 0.717) is 49.7 Å². The lowest BCUT2D eigenvalue weighted by Crippen LogP contribution is -2.43. The molecule has 5 heteroatoms. The number of rotatable bonds is 5. The molecule has 0 amide bonds. The van der Waals surface area contributed by atoms with E-state index in [0.717, 1.165) is 0 Å². The Labute approximate surface area is 119 Å². The highest BCUT2D eigenvalue weighted by Gasteiger charge is 2.41. The molecule has 0 spiro atoms. The minimum Gasteiger partial charge on any atom is -0.496 e. The molecule has 1 aromatic carbocycles. The quantitative estimate of drug-likeness (QED) is 0.830. The highest BCUT2D eigenvalue weighted by Crippen LogP contribution is 2.39. The molecular weight excluding hydrogens is 258 g/mol. The van der Waals surface area contributed by atoms with Gasteiger partial charge in [0, 0.05) is 19.8 Å². The monoisotopic (exact) mass is 279 g/mol. The molecule has 0 aliphatic carbocycles. The number of carbonyl (C=O) groups is 1. The van der Waals surface area contributed by atoms with E-state index in [9.17, 15) is 4.79 Å². The second-order valence-corrected chi connectivity index (χ2v) is 4.96. The van der Waals surface area contributed by atoms with Crippen LogP contribution >= 0.6 is 0 Å². The third-order valence-corrected chi connectivity index (χ3v) is 3.98. The topological polar surface area (TPSA) is 70.8 Å². The smallest absolute Gasteiger partial charge is 0.177 e. The lowest BCUT2D eigenvalue weighted by molar-refractivity contribution is 0.0197. The second-order valence-electron chi connectivity index (χ2n) is 4.96. The van der Waals surface area contributed by atoms with Crippen LogP contribution in [0.1, 0.15) is 23.2 Å². The van der Waals surface area contributed by atoms with E-state index in [4.69, 9.17) is 19.9 Å². The van der Waals surface area contributed by atoms with Gasteiger partial charge in [-0.25, -0.2) is 0 Å². The van der Waals surface area contributed by atoms with E-state index >= 15 is 0 Å². The molecule has 1 aromatic rings. The summed E-state index contributed by atoms with van der Waals surface area (Å²) in [5.41, 5.74) is 5.80. The first-order valence-corrected chi connectivity index (χ1v) is 6.72. The van der Waals surface area contributed by atoms with Crippen LogP contribution in [0, 0.1) is 5.41 Å². The van der Waals surface area contributed by atoms with Gasteiger partial charge in [0.2, 0.25) is 0 Å². The van der Waals surface area contributed by atoms with Crippen molar-refractivity contribution in [1.29, 1.82) is 0 Å². The third kappa shape index (κ3) is 2.51. The van der Waals surface area contributed by atoms with Gasteiger partial charge in [0.1, 0.15) is 17.1 Å². The van der Waals surface area contributed by atoms with Crippen molar-refractivity contribution < 1.29 is 19.0 Å². The lowest BCUT2D eigenvalue weighted by Gasteiger charge is -2.35. The molecule has 0 saturated carbocycles. The molecule has 1 aliphatic heterocycles. The first-order chi connectivity index (χ1) is 9.68. The van der Waals surface area contributed by atoms with Crippen molar-refractivity contribution in [1.82, 2.24) is 0 Å². The maximum absolute atomic E-state index is 13.0. The van der Waals surface area contributed by atoms with Crippen molar-refractivity contribution >= 4 is 5.78 Å². The van der Waals surface area contributed by atoms with Gasteiger partial charge in [-0.15, -0.1) is 0 Å². The summed E-state index contributed by atoms with van der Waals surface area (Å²) in [6.45, 7) is 1.41. The molecule has 2 rings (SSSR count). The van der Waals surface area contributed by atoms with Gasteiger partial charge < -0.3 is 19.9 Å². The first kappa shape index (κ1) is 14.8. The maximum atomic E-state index is 13.0. The molecule has 5 nitrogen and oxygen atoms in total. The summed E-state index contributed by atoms with van der Waals surface area (Å²) < 4.78 is 16.0. The summed E-state index contributed by atoms with van der Waals surface area (Å²) in [5.74, 6) is 1.03. The summed E-state index contributed by atoms with van der Waals surface area (Å²) in [6.07, 6.45) is 1.26. The molecule has 2 N–H and O–H groups in total. The summed E-state index contributed by atoms with van der Waals surface area (Å²) in [5, 5.41) is 0.